The summed E-state index contributed by atoms with van der Waals surface area (Å²) >= 11 is 0. The van der Waals surface area contributed by atoms with Gasteiger partial charge in [0.05, 0.1) is 11.8 Å². The first-order valence-corrected chi connectivity index (χ1v) is 3.28. The van der Waals surface area contributed by atoms with Crippen molar-refractivity contribution in [3.63, 3.8) is 0 Å². The quantitative estimate of drug-likeness (QED) is 0.588. The third-order valence-electron chi connectivity index (χ3n) is 1.02. The Kier molecular flexibility index (Phi) is 3.44. The molecule has 64 valence electrons. The summed E-state index contributed by atoms with van der Waals surface area (Å²) < 4.78 is 4.89. The number of hydrogen-bond acceptors (Lipinski definition) is 2. The van der Waals surface area contributed by atoms with Crippen molar-refractivity contribution in [2.24, 2.45) is 5.73 Å². The second-order valence-corrected chi connectivity index (χ2v) is 2.85. The molecule has 2 amide bonds. The van der Waals surface area contributed by atoms with Crippen LogP contribution in [0.15, 0.2) is 12.8 Å². The minimum Gasteiger partial charge on any atom is -0.499 e. The molecule has 4 heteroatoms. The zero-order valence-electron chi connectivity index (χ0n) is 6.89. The van der Waals surface area contributed by atoms with Crippen molar-refractivity contribution in [2.75, 3.05) is 6.61 Å². The van der Waals surface area contributed by atoms with Gasteiger partial charge in [0.1, 0.15) is 6.61 Å². The van der Waals surface area contributed by atoms with Crippen molar-refractivity contribution in [3.8, 4) is 0 Å². The van der Waals surface area contributed by atoms with Crippen LogP contribution < -0.4 is 11.1 Å². The number of ether oxygens (including phenoxy) is 1. The van der Waals surface area contributed by atoms with Gasteiger partial charge in [-0.1, -0.05) is 6.58 Å². The van der Waals surface area contributed by atoms with E-state index in [0.29, 0.717) is 6.61 Å². The molecule has 0 aliphatic carbocycles. The smallest absolute Gasteiger partial charge is 0.312 e. The molecule has 3 N–H and O–H groups in total. The van der Waals surface area contributed by atoms with E-state index < -0.39 is 11.6 Å². The summed E-state index contributed by atoms with van der Waals surface area (Å²) in [5.41, 5.74) is 4.47. The maximum Gasteiger partial charge on any atom is 0.312 e. The van der Waals surface area contributed by atoms with Crippen molar-refractivity contribution >= 4 is 6.03 Å². The largest absolute Gasteiger partial charge is 0.499 e. The lowest BCUT2D eigenvalue weighted by Gasteiger charge is -2.23. The molecule has 0 aromatic rings. The van der Waals surface area contributed by atoms with E-state index in [-0.39, 0.29) is 0 Å². The molecule has 0 aromatic heterocycles. The van der Waals surface area contributed by atoms with Crippen molar-refractivity contribution in [1.29, 1.82) is 0 Å². The summed E-state index contributed by atoms with van der Waals surface area (Å²) in [6.45, 7) is 7.35. The Bertz CT molecular complexity index is 155. The van der Waals surface area contributed by atoms with Crippen LogP contribution >= 0.6 is 0 Å². The lowest BCUT2D eigenvalue weighted by atomic mass is 10.1. The molecule has 0 spiro atoms. The lowest BCUT2D eigenvalue weighted by Crippen LogP contribution is -2.48. The summed E-state index contributed by atoms with van der Waals surface area (Å²) in [6.07, 6.45) is 1.32. The van der Waals surface area contributed by atoms with E-state index >= 15 is 0 Å². The van der Waals surface area contributed by atoms with E-state index in [1.54, 1.807) is 13.8 Å². The van der Waals surface area contributed by atoms with Gasteiger partial charge in [0.25, 0.3) is 0 Å². The lowest BCUT2D eigenvalue weighted by molar-refractivity contribution is 0.166. The number of nitrogens with one attached hydrogen (secondary N) is 1. The first-order chi connectivity index (χ1) is 4.98. The summed E-state index contributed by atoms with van der Waals surface area (Å²) in [5, 5.41) is 2.52. The zero-order valence-corrected chi connectivity index (χ0v) is 6.89. The van der Waals surface area contributed by atoms with Gasteiger partial charge >= 0.3 is 6.03 Å². The summed E-state index contributed by atoms with van der Waals surface area (Å²) in [5.74, 6) is 0. The predicted molar refractivity (Wildman–Crippen MR) is 42.9 cm³/mol. The minimum absolute atomic E-state index is 0.361. The Morgan fingerprint density at radius 2 is 2.36 bits per heavy atom. The standard InChI is InChI=1S/C7H14N2O2/c1-4-11-5-7(2,3)9-6(8)10/h4H,1,5H2,2-3H3,(H3,8,9,10). The Morgan fingerprint density at radius 3 is 2.73 bits per heavy atom. The average Bonchev–Trinajstić information content (AvgIpc) is 1.81. The predicted octanol–water partition coefficient (Wildman–Crippen LogP) is 0.593. The number of rotatable bonds is 4. The van der Waals surface area contributed by atoms with Gasteiger partial charge < -0.3 is 15.8 Å². The highest BCUT2D eigenvalue weighted by molar-refractivity contribution is 5.72. The third-order valence-corrected chi connectivity index (χ3v) is 1.02. The van der Waals surface area contributed by atoms with Crippen LogP contribution in [0.2, 0.25) is 0 Å². The molecular weight excluding hydrogens is 144 g/mol. The van der Waals surface area contributed by atoms with E-state index in [1.165, 1.54) is 6.26 Å². The zero-order chi connectivity index (χ0) is 8.91. The number of carbonyl (C=O) groups is 1. The van der Waals surface area contributed by atoms with Gasteiger partial charge in [0.15, 0.2) is 0 Å². The maximum atomic E-state index is 10.4. The molecule has 0 atom stereocenters. The van der Waals surface area contributed by atoms with Gasteiger partial charge in [-0.05, 0) is 13.8 Å². The van der Waals surface area contributed by atoms with E-state index in [4.69, 9.17) is 10.5 Å². The van der Waals surface area contributed by atoms with Crippen LogP contribution in [-0.2, 0) is 4.74 Å². The van der Waals surface area contributed by atoms with Gasteiger partial charge in [-0.3, -0.25) is 0 Å². The summed E-state index contributed by atoms with van der Waals surface area (Å²) in [7, 11) is 0. The molecule has 11 heavy (non-hydrogen) atoms. The molecule has 0 bridgehead atoms. The molecule has 0 unspecified atom stereocenters. The fourth-order valence-corrected chi connectivity index (χ4v) is 0.637. The minimum atomic E-state index is -0.553. The molecule has 0 aliphatic heterocycles. The monoisotopic (exact) mass is 158 g/mol. The van der Waals surface area contributed by atoms with Crippen molar-refractivity contribution in [3.05, 3.63) is 12.8 Å². The molecule has 0 rings (SSSR count). The summed E-state index contributed by atoms with van der Waals surface area (Å²) in [4.78, 5) is 10.4. The van der Waals surface area contributed by atoms with Crippen LogP contribution in [0.4, 0.5) is 4.79 Å². The Labute approximate surface area is 66.4 Å². The van der Waals surface area contributed by atoms with Crippen LogP contribution in [-0.4, -0.2) is 18.2 Å². The van der Waals surface area contributed by atoms with Gasteiger partial charge in [0, 0.05) is 0 Å². The van der Waals surface area contributed by atoms with Crippen LogP contribution in [0.3, 0.4) is 0 Å². The number of nitrogens with two attached hydrogens (primary N) is 1. The highest BCUT2D eigenvalue weighted by atomic mass is 16.5. The van der Waals surface area contributed by atoms with E-state index in [0.717, 1.165) is 0 Å². The number of primary amides is 1. The van der Waals surface area contributed by atoms with Gasteiger partial charge in [-0.25, -0.2) is 4.79 Å². The third kappa shape index (κ3) is 5.26. The van der Waals surface area contributed by atoms with Gasteiger partial charge in [-0.15, -0.1) is 0 Å². The number of urea groups is 1. The van der Waals surface area contributed by atoms with Crippen LogP contribution in [0, 0.1) is 0 Å². The molecule has 0 aromatic carbocycles. The first-order valence-electron chi connectivity index (χ1n) is 3.28. The van der Waals surface area contributed by atoms with Crippen LogP contribution in [0.25, 0.3) is 0 Å². The Hall–Kier alpha value is -1.19. The highest BCUT2D eigenvalue weighted by Gasteiger charge is 2.18. The maximum absolute atomic E-state index is 10.4. The van der Waals surface area contributed by atoms with Crippen molar-refractivity contribution in [2.45, 2.75) is 19.4 Å². The van der Waals surface area contributed by atoms with Crippen LogP contribution in [0.5, 0.6) is 0 Å². The molecule has 0 saturated heterocycles. The van der Waals surface area contributed by atoms with Crippen molar-refractivity contribution in [1.82, 2.24) is 5.32 Å². The molecule has 0 saturated carbocycles. The molecule has 0 fully saturated rings. The topological polar surface area (TPSA) is 64.3 Å². The second-order valence-electron chi connectivity index (χ2n) is 2.85. The fourth-order valence-electron chi connectivity index (χ4n) is 0.637. The molecular formula is C7H14N2O2. The number of carbonyl (C=O) groups excluding carboxylic acids is 1. The fraction of sp³-hybridized carbons (Fsp3) is 0.571. The van der Waals surface area contributed by atoms with E-state index in [1.807, 2.05) is 0 Å². The highest BCUT2D eigenvalue weighted by Crippen LogP contribution is 2.01. The molecule has 0 radical (unpaired) electrons. The first kappa shape index (κ1) is 9.81. The van der Waals surface area contributed by atoms with E-state index in [2.05, 4.69) is 11.9 Å². The average molecular weight is 158 g/mol. The molecule has 0 heterocycles. The van der Waals surface area contributed by atoms with Gasteiger partial charge in [-0.2, -0.15) is 0 Å². The number of amides is 2. The Morgan fingerprint density at radius 1 is 1.82 bits per heavy atom. The number of hydrogen-bond donors (Lipinski definition) is 2. The van der Waals surface area contributed by atoms with Crippen LogP contribution in [0.1, 0.15) is 13.8 Å². The normalized spacial score (nSPS) is 10.4. The second kappa shape index (κ2) is 3.85. The molecule has 4 nitrogen and oxygen atoms in total. The summed E-state index contributed by atoms with van der Waals surface area (Å²) in [6, 6.07) is -0.553. The van der Waals surface area contributed by atoms with Crippen molar-refractivity contribution < 1.29 is 9.53 Å². The van der Waals surface area contributed by atoms with Gasteiger partial charge in [0.2, 0.25) is 0 Å². The molecule has 0 aliphatic rings. The SMILES string of the molecule is C=COCC(C)(C)NC(N)=O. The Balaban J connectivity index is 3.78. The van der Waals surface area contributed by atoms with E-state index in [9.17, 15) is 4.79 Å².